The minimum atomic E-state index is -3.75. The summed E-state index contributed by atoms with van der Waals surface area (Å²) in [5.41, 5.74) is 1.57. The first-order valence-electron chi connectivity index (χ1n) is 13.2. The molecule has 0 radical (unpaired) electrons. The number of hydrogen-bond donors (Lipinski definition) is 0. The van der Waals surface area contributed by atoms with Gasteiger partial charge in [-0.15, -0.1) is 0 Å². The summed E-state index contributed by atoms with van der Waals surface area (Å²) in [6.45, 7) is 4.76. The minimum absolute atomic E-state index is 0.0623. The normalized spacial score (nSPS) is 14.5. The molecule has 208 valence electrons. The summed E-state index contributed by atoms with van der Waals surface area (Å²) in [5, 5.41) is 0. The number of amides is 1. The van der Waals surface area contributed by atoms with Crippen LogP contribution in [-0.4, -0.2) is 70.6 Å². The lowest BCUT2D eigenvalue weighted by Crippen LogP contribution is -2.47. The fourth-order valence-corrected chi connectivity index (χ4v) is 5.85. The van der Waals surface area contributed by atoms with Gasteiger partial charge in [0.05, 0.1) is 17.2 Å². The summed E-state index contributed by atoms with van der Waals surface area (Å²) in [5.74, 6) is 1.06. The summed E-state index contributed by atoms with van der Waals surface area (Å²) < 4.78 is 38.7. The number of benzene rings is 3. The van der Waals surface area contributed by atoms with Crippen molar-refractivity contribution in [3.63, 3.8) is 0 Å². The van der Waals surface area contributed by atoms with Crippen LogP contribution in [0.4, 0.5) is 5.69 Å². The summed E-state index contributed by atoms with van der Waals surface area (Å²) in [6, 6.07) is 23.2. The molecule has 1 heterocycles. The number of sulfonamides is 1. The Morgan fingerprint density at radius 3 is 2.10 bits per heavy atom. The Bertz CT molecular complexity index is 1310. The summed E-state index contributed by atoms with van der Waals surface area (Å²) in [6.07, 6.45) is 1.86. The molecule has 0 atom stereocenters. The van der Waals surface area contributed by atoms with E-state index in [1.54, 1.807) is 36.4 Å². The molecule has 9 heteroatoms. The predicted molar refractivity (Wildman–Crippen MR) is 153 cm³/mol. The summed E-state index contributed by atoms with van der Waals surface area (Å²) in [4.78, 5) is 17.7. The Morgan fingerprint density at radius 1 is 0.897 bits per heavy atom. The fourth-order valence-electron chi connectivity index (χ4n) is 4.66. The molecular formula is C30H37N3O5S. The van der Waals surface area contributed by atoms with Gasteiger partial charge in [-0.05, 0) is 94.0 Å². The smallest absolute Gasteiger partial charge is 0.264 e. The second kappa shape index (κ2) is 13.0. The second-order valence-electron chi connectivity index (χ2n) is 9.70. The maximum Gasteiger partial charge on any atom is 0.264 e. The third-order valence-corrected chi connectivity index (χ3v) is 8.80. The van der Waals surface area contributed by atoms with Gasteiger partial charge in [-0.2, -0.15) is 0 Å². The van der Waals surface area contributed by atoms with Crippen molar-refractivity contribution in [2.45, 2.75) is 37.2 Å². The maximum atomic E-state index is 13.3. The largest absolute Gasteiger partial charge is 0.494 e. The van der Waals surface area contributed by atoms with Crippen LogP contribution in [0.5, 0.6) is 11.5 Å². The first-order chi connectivity index (χ1) is 18.8. The van der Waals surface area contributed by atoms with Crippen LogP contribution >= 0.6 is 0 Å². The molecule has 0 aliphatic carbocycles. The quantitative estimate of drug-likeness (QED) is 0.351. The minimum Gasteiger partial charge on any atom is -0.494 e. The second-order valence-corrected chi connectivity index (χ2v) is 11.7. The lowest BCUT2D eigenvalue weighted by molar-refractivity contribution is -0.137. The highest BCUT2D eigenvalue weighted by molar-refractivity contribution is 7.92. The maximum absolute atomic E-state index is 13.3. The summed E-state index contributed by atoms with van der Waals surface area (Å²) in [7, 11) is -0.134. The molecule has 1 amide bonds. The highest BCUT2D eigenvalue weighted by Gasteiger charge is 2.27. The van der Waals surface area contributed by atoms with Gasteiger partial charge in [-0.3, -0.25) is 9.10 Å². The van der Waals surface area contributed by atoms with Crippen LogP contribution < -0.4 is 13.8 Å². The highest BCUT2D eigenvalue weighted by atomic mass is 32.2. The van der Waals surface area contributed by atoms with E-state index >= 15 is 0 Å². The molecule has 0 aromatic heterocycles. The highest BCUT2D eigenvalue weighted by Crippen LogP contribution is 2.26. The molecule has 39 heavy (non-hydrogen) atoms. The van der Waals surface area contributed by atoms with E-state index in [0.29, 0.717) is 30.3 Å². The number of anilines is 1. The van der Waals surface area contributed by atoms with Gasteiger partial charge in [0.25, 0.3) is 15.9 Å². The van der Waals surface area contributed by atoms with E-state index in [9.17, 15) is 13.2 Å². The molecule has 3 aromatic rings. The number of hydrogen-bond acceptors (Lipinski definition) is 6. The van der Waals surface area contributed by atoms with Gasteiger partial charge in [-0.1, -0.05) is 30.3 Å². The zero-order chi connectivity index (χ0) is 27.8. The van der Waals surface area contributed by atoms with E-state index in [4.69, 9.17) is 9.47 Å². The molecule has 0 unspecified atom stereocenters. The number of rotatable bonds is 11. The first kappa shape index (κ1) is 28.4. The standard InChI is InChI=1S/C30H37N3O5S/c1-4-37-27-14-16-29(17-15-27)39(35,36)32(3)25-10-12-28(13-11-25)38-23-30(34)33(22-24-8-6-5-7-9-24)26-18-20-31(2)21-19-26/h5-17,26H,4,18-23H2,1-3H3. The third kappa shape index (κ3) is 7.30. The van der Waals surface area contributed by atoms with E-state index in [1.807, 2.05) is 42.2 Å². The van der Waals surface area contributed by atoms with Crippen LogP contribution in [0.1, 0.15) is 25.3 Å². The Kier molecular flexibility index (Phi) is 9.48. The van der Waals surface area contributed by atoms with Crippen LogP contribution in [0.25, 0.3) is 0 Å². The molecule has 1 saturated heterocycles. The number of carbonyl (C=O) groups excluding carboxylic acids is 1. The molecule has 3 aromatic carbocycles. The van der Waals surface area contributed by atoms with Crippen molar-refractivity contribution in [3.8, 4) is 11.5 Å². The van der Waals surface area contributed by atoms with Crippen LogP contribution in [0.15, 0.2) is 83.8 Å². The van der Waals surface area contributed by atoms with E-state index < -0.39 is 10.0 Å². The van der Waals surface area contributed by atoms with Crippen LogP contribution in [0.3, 0.4) is 0 Å². The van der Waals surface area contributed by atoms with Gasteiger partial charge in [0.2, 0.25) is 0 Å². The van der Waals surface area contributed by atoms with Crippen molar-refractivity contribution in [3.05, 3.63) is 84.4 Å². The zero-order valence-corrected chi connectivity index (χ0v) is 23.6. The number of nitrogens with zero attached hydrogens (tertiary/aromatic N) is 3. The zero-order valence-electron chi connectivity index (χ0n) is 22.8. The third-order valence-electron chi connectivity index (χ3n) is 7.00. The Morgan fingerprint density at radius 2 is 1.49 bits per heavy atom. The van der Waals surface area contributed by atoms with Crippen LogP contribution in [0, 0.1) is 0 Å². The number of piperidine rings is 1. The lowest BCUT2D eigenvalue weighted by Gasteiger charge is -2.37. The van der Waals surface area contributed by atoms with Crippen molar-refractivity contribution in [2.75, 3.05) is 44.7 Å². The molecule has 0 saturated carbocycles. The van der Waals surface area contributed by atoms with E-state index in [1.165, 1.54) is 23.5 Å². The predicted octanol–water partition coefficient (Wildman–Crippen LogP) is 4.41. The fraction of sp³-hybridized carbons (Fsp3) is 0.367. The van der Waals surface area contributed by atoms with Gasteiger partial charge in [0, 0.05) is 19.6 Å². The Balaban J connectivity index is 1.40. The lowest BCUT2D eigenvalue weighted by atomic mass is 10.0. The van der Waals surface area contributed by atoms with Crippen molar-refractivity contribution in [2.24, 2.45) is 0 Å². The van der Waals surface area contributed by atoms with Gasteiger partial charge >= 0.3 is 0 Å². The van der Waals surface area contributed by atoms with Gasteiger partial charge < -0.3 is 19.3 Å². The number of likely N-dealkylation sites (tertiary alicyclic amines) is 1. The Labute approximate surface area is 231 Å². The van der Waals surface area contributed by atoms with Crippen LogP contribution in [0.2, 0.25) is 0 Å². The van der Waals surface area contributed by atoms with Crippen molar-refractivity contribution in [1.29, 1.82) is 0 Å². The molecular weight excluding hydrogens is 514 g/mol. The molecule has 0 spiro atoms. The van der Waals surface area contributed by atoms with Gasteiger partial charge in [0.1, 0.15) is 11.5 Å². The van der Waals surface area contributed by atoms with E-state index in [0.717, 1.165) is 31.5 Å². The molecule has 1 fully saturated rings. The molecule has 1 aliphatic heterocycles. The monoisotopic (exact) mass is 551 g/mol. The van der Waals surface area contributed by atoms with Crippen molar-refractivity contribution >= 4 is 21.6 Å². The molecule has 4 rings (SSSR count). The van der Waals surface area contributed by atoms with Crippen molar-refractivity contribution < 1.29 is 22.7 Å². The number of carbonyl (C=O) groups is 1. The van der Waals surface area contributed by atoms with Crippen LogP contribution in [-0.2, 0) is 21.4 Å². The summed E-state index contributed by atoms with van der Waals surface area (Å²) >= 11 is 0. The van der Waals surface area contributed by atoms with Crippen molar-refractivity contribution in [1.82, 2.24) is 9.80 Å². The van der Waals surface area contributed by atoms with E-state index in [-0.39, 0.29) is 23.5 Å². The van der Waals surface area contributed by atoms with Gasteiger partial charge in [-0.25, -0.2) is 8.42 Å². The molecule has 8 nitrogen and oxygen atoms in total. The molecule has 1 aliphatic rings. The van der Waals surface area contributed by atoms with Gasteiger partial charge in [0.15, 0.2) is 6.61 Å². The average molecular weight is 552 g/mol. The first-order valence-corrected chi connectivity index (χ1v) is 14.7. The Hall–Kier alpha value is -3.56. The molecule has 0 bridgehead atoms. The topological polar surface area (TPSA) is 79.4 Å². The molecule has 0 N–H and O–H groups in total. The number of ether oxygens (including phenoxy) is 2. The average Bonchev–Trinajstić information content (AvgIpc) is 2.96. The SMILES string of the molecule is CCOc1ccc(S(=O)(=O)N(C)c2ccc(OCC(=O)N(Cc3ccccc3)C3CCN(C)CC3)cc2)cc1. The van der Waals surface area contributed by atoms with E-state index in [2.05, 4.69) is 11.9 Å².